The minimum atomic E-state index is 1.05. The van der Waals surface area contributed by atoms with Gasteiger partial charge in [0.2, 0.25) is 0 Å². The van der Waals surface area contributed by atoms with Crippen LogP contribution in [0, 0.1) is 6.92 Å². The highest BCUT2D eigenvalue weighted by atomic mass is 15.0. The van der Waals surface area contributed by atoms with E-state index in [2.05, 4.69) is 72.0 Å². The molecule has 0 aliphatic heterocycles. The van der Waals surface area contributed by atoms with Gasteiger partial charge in [0.25, 0.3) is 0 Å². The van der Waals surface area contributed by atoms with Gasteiger partial charge in [-0.3, -0.25) is 4.40 Å². The van der Waals surface area contributed by atoms with Gasteiger partial charge in [-0.2, -0.15) is 0 Å². The number of para-hydroxylation sites is 1. The average Bonchev–Trinajstić information content (AvgIpc) is 3.00. The molecule has 0 N–H and O–H groups in total. The van der Waals surface area contributed by atoms with Crippen LogP contribution in [0.2, 0.25) is 0 Å². The van der Waals surface area contributed by atoms with Crippen molar-refractivity contribution in [1.82, 2.24) is 9.38 Å². The van der Waals surface area contributed by atoms with E-state index in [-0.39, 0.29) is 0 Å². The summed E-state index contributed by atoms with van der Waals surface area (Å²) in [7, 11) is 0. The molecule has 0 fully saturated rings. The van der Waals surface area contributed by atoms with Gasteiger partial charge in [-0.1, -0.05) is 42.5 Å². The van der Waals surface area contributed by atoms with E-state index in [0.717, 1.165) is 5.65 Å². The molecule has 0 saturated heterocycles. The van der Waals surface area contributed by atoms with E-state index in [1.54, 1.807) is 0 Å². The Morgan fingerprint density at radius 2 is 1.62 bits per heavy atom. The summed E-state index contributed by atoms with van der Waals surface area (Å²) in [5, 5.41) is 7.74. The first kappa shape index (κ1) is 12.3. The van der Waals surface area contributed by atoms with Gasteiger partial charge in [0.05, 0.1) is 5.52 Å². The highest BCUT2D eigenvalue weighted by Gasteiger charge is 2.16. The second kappa shape index (κ2) is 4.04. The summed E-state index contributed by atoms with van der Waals surface area (Å²) in [6.45, 7) is 2.23. The van der Waals surface area contributed by atoms with Crippen molar-refractivity contribution < 1.29 is 0 Å². The van der Waals surface area contributed by atoms with Crippen LogP contribution in [0.1, 0.15) is 5.56 Å². The Morgan fingerprint density at radius 3 is 2.58 bits per heavy atom. The lowest BCUT2D eigenvalue weighted by Gasteiger charge is -2.14. The number of aryl methyl sites for hydroxylation is 1. The highest BCUT2D eigenvalue weighted by molar-refractivity contribution is 6.22. The zero-order chi connectivity index (χ0) is 15.8. The van der Waals surface area contributed by atoms with Gasteiger partial charge in [-0.25, -0.2) is 4.98 Å². The first-order chi connectivity index (χ1) is 11.8. The second-order valence-corrected chi connectivity index (χ2v) is 6.56. The lowest BCUT2D eigenvalue weighted by Crippen LogP contribution is -1.96. The fourth-order valence-electron chi connectivity index (χ4n) is 4.32. The van der Waals surface area contributed by atoms with E-state index in [1.807, 2.05) is 6.20 Å². The molecular weight excluding hydrogens is 292 g/mol. The predicted molar refractivity (Wildman–Crippen MR) is 101 cm³/mol. The highest BCUT2D eigenvalue weighted by Crippen LogP contribution is 2.38. The van der Waals surface area contributed by atoms with Crippen molar-refractivity contribution >= 4 is 49.0 Å². The van der Waals surface area contributed by atoms with Crippen molar-refractivity contribution in [2.45, 2.75) is 6.92 Å². The molecule has 0 radical (unpaired) electrons. The number of hydrogen-bond donors (Lipinski definition) is 0. The van der Waals surface area contributed by atoms with Crippen LogP contribution in [0.25, 0.3) is 49.0 Å². The van der Waals surface area contributed by atoms with Crippen molar-refractivity contribution in [2.24, 2.45) is 0 Å². The summed E-state index contributed by atoms with van der Waals surface area (Å²) in [5.74, 6) is 0. The molecule has 0 aliphatic rings. The molecule has 2 heteroatoms. The molecule has 0 amide bonds. The normalized spacial score (nSPS) is 12.4. The Morgan fingerprint density at radius 1 is 0.792 bits per heavy atom. The molecule has 0 spiro atoms. The number of rotatable bonds is 0. The van der Waals surface area contributed by atoms with E-state index in [9.17, 15) is 0 Å². The van der Waals surface area contributed by atoms with Gasteiger partial charge in [0.1, 0.15) is 5.65 Å². The van der Waals surface area contributed by atoms with Gasteiger partial charge in [0, 0.05) is 27.9 Å². The van der Waals surface area contributed by atoms with Gasteiger partial charge in [-0.15, -0.1) is 0 Å². The van der Waals surface area contributed by atoms with Gasteiger partial charge in [-0.05, 0) is 46.8 Å². The Bertz CT molecular complexity index is 1410. The molecule has 2 nitrogen and oxygen atoms in total. The summed E-state index contributed by atoms with van der Waals surface area (Å²) in [6, 6.07) is 21.9. The molecule has 0 atom stereocenters. The third-order valence-electron chi connectivity index (χ3n) is 5.33. The Balaban J connectivity index is 2.09. The minimum absolute atomic E-state index is 1.05. The van der Waals surface area contributed by atoms with Crippen LogP contribution in [-0.4, -0.2) is 9.38 Å². The third kappa shape index (κ3) is 1.31. The summed E-state index contributed by atoms with van der Waals surface area (Å²) in [5.41, 5.74) is 4.87. The predicted octanol–water partition coefficient (Wildman–Crippen LogP) is 5.69. The first-order valence-corrected chi connectivity index (χ1v) is 8.25. The molecule has 0 bridgehead atoms. The maximum absolute atomic E-state index is 4.74. The molecule has 6 rings (SSSR count). The zero-order valence-corrected chi connectivity index (χ0v) is 13.2. The van der Waals surface area contributed by atoms with Crippen molar-refractivity contribution in [1.29, 1.82) is 0 Å². The van der Waals surface area contributed by atoms with Crippen molar-refractivity contribution in [3.05, 3.63) is 72.4 Å². The summed E-state index contributed by atoms with van der Waals surface area (Å²) >= 11 is 0. The Labute approximate surface area is 138 Å². The molecule has 3 aromatic carbocycles. The first-order valence-electron chi connectivity index (χ1n) is 8.25. The lowest BCUT2D eigenvalue weighted by molar-refractivity contribution is 1.23. The van der Waals surface area contributed by atoms with Crippen LogP contribution in [-0.2, 0) is 0 Å². The topological polar surface area (TPSA) is 17.3 Å². The van der Waals surface area contributed by atoms with Crippen LogP contribution in [0.4, 0.5) is 0 Å². The fourth-order valence-corrected chi connectivity index (χ4v) is 4.32. The summed E-state index contributed by atoms with van der Waals surface area (Å²) in [6.07, 6.45) is 1.92. The maximum Gasteiger partial charge on any atom is 0.145 e. The lowest BCUT2D eigenvalue weighted by atomic mass is 9.95. The van der Waals surface area contributed by atoms with Crippen molar-refractivity contribution in [3.63, 3.8) is 0 Å². The van der Waals surface area contributed by atoms with Gasteiger partial charge < -0.3 is 0 Å². The Kier molecular flexibility index (Phi) is 2.07. The quantitative estimate of drug-likeness (QED) is 0.260. The molecular formula is C22H14N2. The van der Waals surface area contributed by atoms with Crippen LogP contribution in [0.3, 0.4) is 0 Å². The number of fused-ring (bicyclic) bond motifs is 4. The second-order valence-electron chi connectivity index (χ2n) is 6.56. The van der Waals surface area contributed by atoms with E-state index in [1.165, 1.54) is 48.9 Å². The molecule has 3 aromatic heterocycles. The molecule has 24 heavy (non-hydrogen) atoms. The number of benzene rings is 3. The summed E-state index contributed by atoms with van der Waals surface area (Å²) in [4.78, 5) is 4.74. The molecule has 0 unspecified atom stereocenters. The summed E-state index contributed by atoms with van der Waals surface area (Å²) < 4.78 is 2.31. The third-order valence-corrected chi connectivity index (χ3v) is 5.33. The largest absolute Gasteiger partial charge is 0.293 e. The molecule has 0 aliphatic carbocycles. The molecule has 112 valence electrons. The maximum atomic E-state index is 4.74. The SMILES string of the molecule is Cc1c2ccccc2cc2c1c1cccc3cc4ccnc2n4c31. The van der Waals surface area contributed by atoms with E-state index in [4.69, 9.17) is 4.98 Å². The number of aromatic nitrogens is 2. The van der Waals surface area contributed by atoms with Crippen molar-refractivity contribution in [2.75, 3.05) is 0 Å². The van der Waals surface area contributed by atoms with Crippen LogP contribution in [0.15, 0.2) is 66.9 Å². The van der Waals surface area contributed by atoms with E-state index in [0.29, 0.717) is 0 Å². The molecule has 3 heterocycles. The molecule has 0 saturated carbocycles. The average molecular weight is 306 g/mol. The van der Waals surface area contributed by atoms with Crippen molar-refractivity contribution in [3.8, 4) is 0 Å². The van der Waals surface area contributed by atoms with E-state index >= 15 is 0 Å². The van der Waals surface area contributed by atoms with Crippen LogP contribution < -0.4 is 0 Å². The molecule has 6 aromatic rings. The van der Waals surface area contributed by atoms with Gasteiger partial charge >= 0.3 is 0 Å². The number of pyridine rings is 1. The van der Waals surface area contributed by atoms with E-state index < -0.39 is 0 Å². The number of hydrogen-bond acceptors (Lipinski definition) is 1. The fraction of sp³-hybridized carbons (Fsp3) is 0.0455. The van der Waals surface area contributed by atoms with Gasteiger partial charge in [0.15, 0.2) is 0 Å². The Hall–Kier alpha value is -3.13. The monoisotopic (exact) mass is 306 g/mol. The smallest absolute Gasteiger partial charge is 0.145 e. The van der Waals surface area contributed by atoms with Crippen LogP contribution in [0.5, 0.6) is 0 Å². The van der Waals surface area contributed by atoms with Crippen LogP contribution >= 0.6 is 0 Å². The standard InChI is InChI=1S/C22H14N2/c1-13-17-7-3-2-5-14(17)12-19-20(13)18-8-4-6-15-11-16-9-10-23-22(19)24(16)21(15)18/h2-12H,1H3. The number of nitrogens with zero attached hydrogens (tertiary/aromatic N) is 2. The zero-order valence-electron chi connectivity index (χ0n) is 13.2. The minimum Gasteiger partial charge on any atom is -0.293 e.